The predicted molar refractivity (Wildman–Crippen MR) is 35.6 cm³/mol. The molecular formula is C6H7N3. The second kappa shape index (κ2) is 1.70. The lowest BCUT2D eigenvalue weighted by Gasteiger charge is -2.14. The van der Waals surface area contributed by atoms with Crippen LogP contribution < -0.4 is 5.43 Å². The normalized spacial score (nSPS) is 22.2. The van der Waals surface area contributed by atoms with Crippen molar-refractivity contribution in [2.24, 2.45) is 5.10 Å². The quantitative estimate of drug-likeness (QED) is 0.497. The molecule has 2 aliphatic rings. The van der Waals surface area contributed by atoms with E-state index in [1.807, 2.05) is 12.2 Å². The fourth-order valence-electron chi connectivity index (χ4n) is 0.907. The summed E-state index contributed by atoms with van der Waals surface area (Å²) in [5, 5.41) is 5.80. The fraction of sp³-hybridized carbons (Fsp3) is 0.167. The molecule has 0 bridgehead atoms. The molecule has 3 nitrogen and oxygen atoms in total. The summed E-state index contributed by atoms with van der Waals surface area (Å²) in [6.45, 7) is 0.886. The molecule has 1 N–H and O–H groups in total. The van der Waals surface area contributed by atoms with Gasteiger partial charge in [0.2, 0.25) is 0 Å². The molecule has 0 saturated heterocycles. The van der Waals surface area contributed by atoms with Crippen LogP contribution in [0.2, 0.25) is 0 Å². The van der Waals surface area contributed by atoms with Crippen molar-refractivity contribution in [3.05, 3.63) is 23.9 Å². The van der Waals surface area contributed by atoms with Crippen LogP contribution in [0, 0.1) is 0 Å². The number of hydrazine groups is 1. The van der Waals surface area contributed by atoms with Crippen LogP contribution in [0.25, 0.3) is 0 Å². The summed E-state index contributed by atoms with van der Waals surface area (Å²) >= 11 is 0. The first-order chi connectivity index (χ1) is 4.47. The van der Waals surface area contributed by atoms with Gasteiger partial charge in [-0.1, -0.05) is 0 Å². The highest BCUT2D eigenvalue weighted by molar-refractivity contribution is 5.73. The van der Waals surface area contributed by atoms with Crippen molar-refractivity contribution in [1.29, 1.82) is 0 Å². The van der Waals surface area contributed by atoms with E-state index in [9.17, 15) is 0 Å². The Balaban J connectivity index is 2.33. The van der Waals surface area contributed by atoms with Gasteiger partial charge in [0.15, 0.2) is 0 Å². The topological polar surface area (TPSA) is 27.6 Å². The van der Waals surface area contributed by atoms with Gasteiger partial charge >= 0.3 is 0 Å². The lowest BCUT2D eigenvalue weighted by molar-refractivity contribution is 0.305. The highest BCUT2D eigenvalue weighted by Crippen LogP contribution is 2.10. The van der Waals surface area contributed by atoms with Crippen LogP contribution in [0.15, 0.2) is 29.0 Å². The number of allylic oxidation sites excluding steroid dienone is 2. The maximum atomic E-state index is 4.03. The second-order valence-corrected chi connectivity index (χ2v) is 1.93. The molecule has 0 spiro atoms. The molecular weight excluding hydrogens is 114 g/mol. The molecule has 2 heterocycles. The highest BCUT2D eigenvalue weighted by atomic mass is 15.7. The first kappa shape index (κ1) is 4.76. The van der Waals surface area contributed by atoms with Gasteiger partial charge < -0.3 is 0 Å². The van der Waals surface area contributed by atoms with Crippen molar-refractivity contribution >= 4 is 6.21 Å². The zero-order valence-corrected chi connectivity index (χ0v) is 4.91. The Hall–Kier alpha value is -1.09. The second-order valence-electron chi connectivity index (χ2n) is 1.93. The van der Waals surface area contributed by atoms with E-state index in [1.54, 1.807) is 11.3 Å². The summed E-state index contributed by atoms with van der Waals surface area (Å²) in [4.78, 5) is 0. The lowest BCUT2D eigenvalue weighted by Crippen LogP contribution is -2.27. The predicted octanol–water partition coefficient (Wildman–Crippen LogP) is 0.246. The fourth-order valence-corrected chi connectivity index (χ4v) is 0.907. The highest BCUT2D eigenvalue weighted by Gasteiger charge is 2.10. The van der Waals surface area contributed by atoms with Crippen molar-refractivity contribution in [2.45, 2.75) is 0 Å². The molecule has 0 aliphatic carbocycles. The summed E-state index contributed by atoms with van der Waals surface area (Å²) in [5.74, 6) is 0. The van der Waals surface area contributed by atoms with Gasteiger partial charge in [0.05, 0.1) is 5.70 Å². The van der Waals surface area contributed by atoms with Crippen molar-refractivity contribution in [2.75, 3.05) is 6.54 Å². The van der Waals surface area contributed by atoms with E-state index in [0.29, 0.717) is 0 Å². The summed E-state index contributed by atoms with van der Waals surface area (Å²) in [6.07, 6.45) is 7.80. The molecule has 0 saturated carbocycles. The average Bonchev–Trinajstić information content (AvgIpc) is 2.33. The SMILES string of the molecule is C1=CC2=CCNN2N=C1. The van der Waals surface area contributed by atoms with E-state index in [1.165, 1.54) is 0 Å². The smallest absolute Gasteiger partial charge is 0.0753 e. The largest absolute Gasteiger partial charge is 0.209 e. The monoisotopic (exact) mass is 121 g/mol. The van der Waals surface area contributed by atoms with Crippen LogP contribution in [-0.4, -0.2) is 17.9 Å². The van der Waals surface area contributed by atoms with Crippen LogP contribution in [0.4, 0.5) is 0 Å². The molecule has 0 unspecified atom stereocenters. The van der Waals surface area contributed by atoms with Crippen LogP contribution in [0.1, 0.15) is 0 Å². The average molecular weight is 121 g/mol. The van der Waals surface area contributed by atoms with Crippen molar-refractivity contribution in [3.8, 4) is 0 Å². The molecule has 2 rings (SSSR count). The standard InChI is InChI=1S/C6H7N3/c1-2-6-3-5-8-9(6)7-4-1/h1-4,8H,5H2. The van der Waals surface area contributed by atoms with Crippen LogP contribution in [0.3, 0.4) is 0 Å². The first-order valence-electron chi connectivity index (χ1n) is 2.91. The Morgan fingerprint density at radius 2 is 2.67 bits per heavy atom. The molecule has 0 radical (unpaired) electrons. The minimum atomic E-state index is 0.886. The van der Waals surface area contributed by atoms with Crippen molar-refractivity contribution in [1.82, 2.24) is 10.5 Å². The molecule has 2 aliphatic heterocycles. The van der Waals surface area contributed by atoms with Gasteiger partial charge in [-0.15, -0.1) is 0 Å². The van der Waals surface area contributed by atoms with Gasteiger partial charge in [-0.25, -0.2) is 5.43 Å². The Labute approximate surface area is 53.3 Å². The maximum Gasteiger partial charge on any atom is 0.0753 e. The van der Waals surface area contributed by atoms with Gasteiger partial charge in [-0.3, -0.25) is 0 Å². The first-order valence-corrected chi connectivity index (χ1v) is 2.91. The van der Waals surface area contributed by atoms with Gasteiger partial charge in [-0.2, -0.15) is 10.2 Å². The van der Waals surface area contributed by atoms with E-state index in [0.717, 1.165) is 12.2 Å². The minimum Gasteiger partial charge on any atom is -0.209 e. The van der Waals surface area contributed by atoms with E-state index >= 15 is 0 Å². The van der Waals surface area contributed by atoms with Gasteiger partial charge in [0.25, 0.3) is 0 Å². The maximum absolute atomic E-state index is 4.03. The molecule has 0 amide bonds. The third-order valence-electron chi connectivity index (χ3n) is 1.33. The van der Waals surface area contributed by atoms with E-state index < -0.39 is 0 Å². The summed E-state index contributed by atoms with van der Waals surface area (Å²) < 4.78 is 0. The van der Waals surface area contributed by atoms with E-state index in [2.05, 4.69) is 16.6 Å². The zero-order chi connectivity index (χ0) is 6.10. The Bertz CT molecular complexity index is 200. The Morgan fingerprint density at radius 3 is 3.56 bits per heavy atom. The van der Waals surface area contributed by atoms with Crippen molar-refractivity contribution < 1.29 is 0 Å². The number of hydrogen-bond donors (Lipinski definition) is 1. The Kier molecular flexibility index (Phi) is 0.899. The van der Waals surface area contributed by atoms with Gasteiger partial charge in [0, 0.05) is 12.8 Å². The third-order valence-corrected chi connectivity index (χ3v) is 1.33. The molecule has 46 valence electrons. The van der Waals surface area contributed by atoms with Crippen LogP contribution >= 0.6 is 0 Å². The molecule has 0 aromatic heterocycles. The zero-order valence-electron chi connectivity index (χ0n) is 4.91. The van der Waals surface area contributed by atoms with Crippen LogP contribution in [-0.2, 0) is 0 Å². The number of fused-ring (bicyclic) bond motifs is 1. The molecule has 0 atom stereocenters. The van der Waals surface area contributed by atoms with Gasteiger partial charge in [-0.05, 0) is 18.2 Å². The summed E-state index contributed by atoms with van der Waals surface area (Å²) in [5.41, 5.74) is 4.19. The van der Waals surface area contributed by atoms with E-state index in [4.69, 9.17) is 0 Å². The molecule has 0 aromatic carbocycles. The molecule has 0 fully saturated rings. The summed E-state index contributed by atoms with van der Waals surface area (Å²) in [6, 6.07) is 0. The number of hydrazone groups is 1. The molecule has 3 heteroatoms. The Morgan fingerprint density at radius 1 is 1.67 bits per heavy atom. The number of hydrogen-bond acceptors (Lipinski definition) is 3. The number of rotatable bonds is 0. The third kappa shape index (κ3) is 0.658. The van der Waals surface area contributed by atoms with Crippen LogP contribution in [0.5, 0.6) is 0 Å². The van der Waals surface area contributed by atoms with Gasteiger partial charge in [0.1, 0.15) is 0 Å². The number of nitrogens with zero attached hydrogens (tertiary/aromatic N) is 2. The minimum absolute atomic E-state index is 0.886. The molecule has 9 heavy (non-hydrogen) atoms. The summed E-state index contributed by atoms with van der Waals surface area (Å²) in [7, 11) is 0. The molecule has 0 aromatic rings. The van der Waals surface area contributed by atoms with Crippen molar-refractivity contribution in [3.63, 3.8) is 0 Å². The lowest BCUT2D eigenvalue weighted by atomic mass is 10.3. The number of nitrogens with one attached hydrogen (secondary N) is 1. The van der Waals surface area contributed by atoms with E-state index in [-0.39, 0.29) is 0 Å².